The van der Waals surface area contributed by atoms with Crippen LogP contribution < -0.4 is 0 Å². The number of esters is 1. The maximum Gasteiger partial charge on any atom is 0.305 e. The Balaban J connectivity index is 2.46. The first kappa shape index (κ1) is 15.1. The largest absolute Gasteiger partial charge is 0.469 e. The van der Waals surface area contributed by atoms with Crippen LogP contribution in [0.4, 0.5) is 4.39 Å². The molecule has 102 valence electrons. The number of halogens is 1. The van der Waals surface area contributed by atoms with E-state index in [0.717, 1.165) is 12.1 Å². The van der Waals surface area contributed by atoms with E-state index in [4.69, 9.17) is 5.26 Å². The average molecular weight is 264 g/mol. The Labute approximate surface area is 112 Å². The number of ether oxygens (including phenoxy) is 1. The Kier molecular flexibility index (Phi) is 5.97. The van der Waals surface area contributed by atoms with Gasteiger partial charge in [0.1, 0.15) is 11.9 Å². The molecule has 0 N–H and O–H groups in total. The first-order chi connectivity index (χ1) is 9.06. The van der Waals surface area contributed by atoms with Gasteiger partial charge in [-0.3, -0.25) is 4.79 Å². The maximum absolute atomic E-state index is 13.2. The summed E-state index contributed by atoms with van der Waals surface area (Å²) >= 11 is 0. The van der Waals surface area contributed by atoms with E-state index in [2.05, 4.69) is 4.74 Å². The van der Waals surface area contributed by atoms with E-state index in [-0.39, 0.29) is 11.5 Å². The minimum absolute atomic E-state index is 0.0560. The van der Waals surface area contributed by atoms with E-state index >= 15 is 0 Å². The summed E-state index contributed by atoms with van der Waals surface area (Å²) in [5, 5.41) is 8.75. The maximum atomic E-state index is 13.2. The van der Waals surface area contributed by atoms with E-state index in [0.29, 0.717) is 19.4 Å². The standard InChI is InChI=1S/C14H17FN2O2/c1-17(7-3-4-14(18)19-2)10-11-5-6-13(15)12(8-11)9-16/h5-6,8H,3-4,7,10H2,1-2H3. The number of methoxy groups -OCH3 is 1. The Morgan fingerprint density at radius 1 is 1.53 bits per heavy atom. The van der Waals surface area contributed by atoms with Gasteiger partial charge in [-0.15, -0.1) is 0 Å². The summed E-state index contributed by atoms with van der Waals surface area (Å²) < 4.78 is 17.7. The molecule has 0 atom stereocenters. The normalized spacial score (nSPS) is 10.3. The second kappa shape index (κ2) is 7.49. The van der Waals surface area contributed by atoms with Crippen LogP contribution in [-0.2, 0) is 16.1 Å². The molecule has 0 bridgehead atoms. The van der Waals surface area contributed by atoms with Crippen LogP contribution >= 0.6 is 0 Å². The highest BCUT2D eigenvalue weighted by molar-refractivity contribution is 5.69. The Hall–Kier alpha value is -1.93. The second-order valence-corrected chi connectivity index (χ2v) is 4.34. The van der Waals surface area contributed by atoms with Gasteiger partial charge in [0.25, 0.3) is 0 Å². The van der Waals surface area contributed by atoms with Gasteiger partial charge in [0.2, 0.25) is 0 Å². The number of carbonyl (C=O) groups is 1. The molecule has 0 radical (unpaired) electrons. The first-order valence-electron chi connectivity index (χ1n) is 6.00. The third-order valence-electron chi connectivity index (χ3n) is 2.75. The van der Waals surface area contributed by atoms with Crippen LogP contribution in [-0.4, -0.2) is 31.6 Å². The minimum Gasteiger partial charge on any atom is -0.469 e. The number of nitriles is 1. The van der Waals surface area contributed by atoms with Crippen molar-refractivity contribution in [3.63, 3.8) is 0 Å². The molecule has 0 unspecified atom stereocenters. The summed E-state index contributed by atoms with van der Waals surface area (Å²) in [5.41, 5.74) is 0.930. The van der Waals surface area contributed by atoms with Crippen LogP contribution in [0.3, 0.4) is 0 Å². The van der Waals surface area contributed by atoms with E-state index in [9.17, 15) is 9.18 Å². The predicted octanol–water partition coefficient (Wildman–Crippen LogP) is 2.08. The first-order valence-corrected chi connectivity index (χ1v) is 6.00. The van der Waals surface area contributed by atoms with Crippen LogP contribution in [0.15, 0.2) is 18.2 Å². The van der Waals surface area contributed by atoms with Gasteiger partial charge in [-0.05, 0) is 37.7 Å². The summed E-state index contributed by atoms with van der Waals surface area (Å²) in [6.45, 7) is 1.34. The molecule has 0 aromatic heterocycles. The molecule has 0 amide bonds. The molecule has 0 heterocycles. The molecule has 1 aromatic carbocycles. The molecule has 0 saturated carbocycles. The quantitative estimate of drug-likeness (QED) is 0.738. The molecular formula is C14H17FN2O2. The fourth-order valence-corrected chi connectivity index (χ4v) is 1.74. The van der Waals surface area contributed by atoms with Crippen molar-refractivity contribution in [2.24, 2.45) is 0 Å². The number of carbonyl (C=O) groups excluding carboxylic acids is 1. The number of hydrogen-bond donors (Lipinski definition) is 0. The van der Waals surface area contributed by atoms with Crippen molar-refractivity contribution in [1.82, 2.24) is 4.90 Å². The summed E-state index contributed by atoms with van der Waals surface area (Å²) in [6, 6.07) is 6.33. The van der Waals surface area contributed by atoms with Crippen LogP contribution in [0.5, 0.6) is 0 Å². The van der Waals surface area contributed by atoms with Crippen LogP contribution in [0.2, 0.25) is 0 Å². The molecule has 0 saturated heterocycles. The van der Waals surface area contributed by atoms with Crippen molar-refractivity contribution in [2.75, 3.05) is 20.7 Å². The summed E-state index contributed by atoms with van der Waals surface area (Å²) in [7, 11) is 3.28. The molecule has 1 aromatic rings. The van der Waals surface area contributed by atoms with Crippen molar-refractivity contribution in [3.8, 4) is 6.07 Å². The van der Waals surface area contributed by atoms with Gasteiger partial charge < -0.3 is 9.64 Å². The molecule has 5 heteroatoms. The van der Waals surface area contributed by atoms with Crippen LogP contribution in [0.1, 0.15) is 24.0 Å². The SMILES string of the molecule is COC(=O)CCCN(C)Cc1ccc(F)c(C#N)c1. The van der Waals surface area contributed by atoms with Crippen LogP contribution in [0.25, 0.3) is 0 Å². The van der Waals surface area contributed by atoms with Gasteiger partial charge >= 0.3 is 5.97 Å². The molecule has 1 rings (SSSR count). The lowest BCUT2D eigenvalue weighted by Gasteiger charge is -2.16. The summed E-state index contributed by atoms with van der Waals surface area (Å²) in [6.07, 6.45) is 1.09. The van der Waals surface area contributed by atoms with E-state index < -0.39 is 5.82 Å². The van der Waals surface area contributed by atoms with Gasteiger partial charge in [0.05, 0.1) is 12.7 Å². The number of hydrogen-bond acceptors (Lipinski definition) is 4. The zero-order valence-corrected chi connectivity index (χ0v) is 11.1. The van der Waals surface area contributed by atoms with E-state index in [1.54, 1.807) is 12.1 Å². The highest BCUT2D eigenvalue weighted by Crippen LogP contribution is 2.11. The lowest BCUT2D eigenvalue weighted by molar-refractivity contribution is -0.140. The van der Waals surface area contributed by atoms with Crippen molar-refractivity contribution < 1.29 is 13.9 Å². The average Bonchev–Trinajstić information content (AvgIpc) is 2.40. The Morgan fingerprint density at radius 2 is 2.26 bits per heavy atom. The van der Waals surface area contributed by atoms with Gasteiger partial charge in [-0.1, -0.05) is 6.07 Å². The lowest BCUT2D eigenvalue weighted by atomic mass is 10.1. The molecule has 19 heavy (non-hydrogen) atoms. The molecule has 0 spiro atoms. The Morgan fingerprint density at radius 3 is 2.89 bits per heavy atom. The second-order valence-electron chi connectivity index (χ2n) is 4.34. The molecule has 0 aliphatic carbocycles. The number of rotatable bonds is 6. The van der Waals surface area contributed by atoms with Crippen molar-refractivity contribution in [2.45, 2.75) is 19.4 Å². The third-order valence-corrected chi connectivity index (χ3v) is 2.75. The monoisotopic (exact) mass is 264 g/mol. The zero-order valence-electron chi connectivity index (χ0n) is 11.1. The van der Waals surface area contributed by atoms with Gasteiger partial charge in [-0.2, -0.15) is 5.26 Å². The highest BCUT2D eigenvalue weighted by Gasteiger charge is 2.06. The van der Waals surface area contributed by atoms with Crippen LogP contribution in [0, 0.1) is 17.1 Å². The number of benzene rings is 1. The fourth-order valence-electron chi connectivity index (χ4n) is 1.74. The summed E-state index contributed by atoms with van der Waals surface area (Å²) in [4.78, 5) is 13.0. The third kappa shape index (κ3) is 5.06. The molecule has 4 nitrogen and oxygen atoms in total. The highest BCUT2D eigenvalue weighted by atomic mass is 19.1. The zero-order chi connectivity index (χ0) is 14.3. The van der Waals surface area contributed by atoms with Crippen molar-refractivity contribution in [1.29, 1.82) is 5.26 Å². The van der Waals surface area contributed by atoms with Crippen molar-refractivity contribution >= 4 is 5.97 Å². The van der Waals surface area contributed by atoms with Gasteiger partial charge in [0.15, 0.2) is 0 Å². The predicted molar refractivity (Wildman–Crippen MR) is 68.7 cm³/mol. The molecule has 0 fully saturated rings. The number of nitrogens with zero attached hydrogens (tertiary/aromatic N) is 2. The van der Waals surface area contributed by atoms with E-state index in [1.807, 2.05) is 18.0 Å². The minimum atomic E-state index is -0.500. The van der Waals surface area contributed by atoms with Gasteiger partial charge in [-0.25, -0.2) is 4.39 Å². The Bertz CT molecular complexity index is 483. The van der Waals surface area contributed by atoms with E-state index in [1.165, 1.54) is 13.2 Å². The summed E-state index contributed by atoms with van der Waals surface area (Å²) in [5.74, 6) is -0.721. The van der Waals surface area contributed by atoms with Gasteiger partial charge in [0, 0.05) is 13.0 Å². The molecule has 0 aliphatic rings. The smallest absolute Gasteiger partial charge is 0.305 e. The molecule has 0 aliphatic heterocycles. The lowest BCUT2D eigenvalue weighted by Crippen LogP contribution is -2.20. The topological polar surface area (TPSA) is 53.3 Å². The molecular weight excluding hydrogens is 247 g/mol. The fraction of sp³-hybridized carbons (Fsp3) is 0.429. The van der Waals surface area contributed by atoms with Crippen molar-refractivity contribution in [3.05, 3.63) is 35.1 Å².